The Kier molecular flexibility index (Phi) is 8.14. The van der Waals surface area contributed by atoms with Crippen molar-refractivity contribution >= 4 is 15.9 Å². The maximum Gasteiger partial charge on any atom is 0.244 e. The first-order valence-corrected chi connectivity index (χ1v) is 11.8. The molecule has 3 rings (SSSR count). The predicted octanol–water partition coefficient (Wildman–Crippen LogP) is 1.45. The third-order valence-electron chi connectivity index (χ3n) is 5.37. The van der Waals surface area contributed by atoms with Gasteiger partial charge in [0, 0.05) is 51.7 Å². The number of likely N-dealkylation sites (N-methyl/N-ethyl adjacent to an activating group) is 1. The number of amides is 1. The summed E-state index contributed by atoms with van der Waals surface area (Å²) in [5, 5.41) is 0. The van der Waals surface area contributed by atoms with E-state index >= 15 is 0 Å². The molecule has 2 heterocycles. The molecule has 0 N–H and O–H groups in total. The van der Waals surface area contributed by atoms with E-state index in [4.69, 9.17) is 4.74 Å². The first kappa shape index (κ1) is 23.3. The van der Waals surface area contributed by atoms with Gasteiger partial charge in [-0.1, -0.05) is 30.3 Å². The highest BCUT2D eigenvalue weighted by molar-refractivity contribution is 7.89. The van der Waals surface area contributed by atoms with Crippen molar-refractivity contribution < 1.29 is 17.9 Å². The van der Waals surface area contributed by atoms with Crippen LogP contribution in [0.1, 0.15) is 12.5 Å². The lowest BCUT2D eigenvalue weighted by Crippen LogP contribution is -2.50. The quantitative estimate of drug-likeness (QED) is 0.580. The normalized spacial score (nSPS) is 16.2. The second kappa shape index (κ2) is 10.8. The molecule has 0 saturated carbocycles. The minimum Gasteiger partial charge on any atom is -0.379 e. The summed E-state index contributed by atoms with van der Waals surface area (Å²) in [5.41, 5.74) is 1.00. The van der Waals surface area contributed by atoms with Crippen molar-refractivity contribution in [1.29, 1.82) is 0 Å². The summed E-state index contributed by atoms with van der Waals surface area (Å²) in [6, 6.07) is 12.7. The minimum absolute atomic E-state index is 0.0706. The van der Waals surface area contributed by atoms with Crippen molar-refractivity contribution in [2.75, 3.05) is 46.4 Å². The molecule has 0 spiro atoms. The number of benzene rings is 1. The summed E-state index contributed by atoms with van der Waals surface area (Å²) in [6.45, 7) is 5.92. The number of sulfonamides is 1. The Morgan fingerprint density at radius 1 is 1.16 bits per heavy atom. The number of carbonyl (C=O) groups is 1. The second-order valence-corrected chi connectivity index (χ2v) is 9.76. The van der Waals surface area contributed by atoms with E-state index in [9.17, 15) is 13.2 Å². The van der Waals surface area contributed by atoms with Crippen LogP contribution in [0.2, 0.25) is 0 Å². The van der Waals surface area contributed by atoms with Crippen molar-refractivity contribution in [3.8, 4) is 0 Å². The zero-order valence-electron chi connectivity index (χ0n) is 18.1. The smallest absolute Gasteiger partial charge is 0.244 e. The number of nitrogens with zero attached hydrogens (tertiary/aromatic N) is 4. The highest BCUT2D eigenvalue weighted by atomic mass is 32.2. The molecule has 9 heteroatoms. The van der Waals surface area contributed by atoms with Crippen LogP contribution in [0.4, 0.5) is 0 Å². The molecule has 0 radical (unpaired) electrons. The zero-order chi connectivity index (χ0) is 22.3. The average Bonchev–Trinajstić information content (AvgIpc) is 2.79. The molecule has 2 aromatic rings. The molecule has 1 atom stereocenters. The Morgan fingerprint density at radius 2 is 1.87 bits per heavy atom. The molecule has 1 saturated heterocycles. The van der Waals surface area contributed by atoms with E-state index in [-0.39, 0.29) is 23.4 Å². The van der Waals surface area contributed by atoms with Crippen LogP contribution in [0.15, 0.2) is 59.8 Å². The molecule has 31 heavy (non-hydrogen) atoms. The van der Waals surface area contributed by atoms with Crippen molar-refractivity contribution in [2.24, 2.45) is 0 Å². The average molecular weight is 447 g/mol. The molecule has 8 nitrogen and oxygen atoms in total. The molecule has 1 amide bonds. The highest BCUT2D eigenvalue weighted by Crippen LogP contribution is 2.15. The van der Waals surface area contributed by atoms with Crippen LogP contribution >= 0.6 is 0 Å². The largest absolute Gasteiger partial charge is 0.379 e. The molecule has 1 aromatic heterocycles. The molecular formula is C22H30N4O4S. The van der Waals surface area contributed by atoms with Gasteiger partial charge in [-0.15, -0.1) is 0 Å². The Hall–Kier alpha value is -2.33. The van der Waals surface area contributed by atoms with Gasteiger partial charge in [0.1, 0.15) is 4.90 Å². The SMILES string of the molecule is CC(CN1CCOCC1)N(Cc1ccccc1)C(=O)CN(C)S(=O)(=O)c1cccnc1. The lowest BCUT2D eigenvalue weighted by molar-refractivity contribution is -0.134. The third-order valence-corrected chi connectivity index (χ3v) is 7.16. The van der Waals surface area contributed by atoms with Crippen LogP contribution in [0.25, 0.3) is 0 Å². The Balaban J connectivity index is 1.74. The fourth-order valence-corrected chi connectivity index (χ4v) is 4.66. The number of aromatic nitrogens is 1. The van der Waals surface area contributed by atoms with E-state index < -0.39 is 10.0 Å². The van der Waals surface area contributed by atoms with Crippen molar-refractivity contribution in [2.45, 2.75) is 24.4 Å². The first-order chi connectivity index (χ1) is 14.9. The summed E-state index contributed by atoms with van der Waals surface area (Å²) in [4.78, 5) is 21.3. The van der Waals surface area contributed by atoms with Gasteiger partial charge in [0.25, 0.3) is 0 Å². The van der Waals surface area contributed by atoms with Crippen LogP contribution in [-0.2, 0) is 26.1 Å². The van der Waals surface area contributed by atoms with Crippen LogP contribution in [0, 0.1) is 0 Å². The molecule has 1 aromatic carbocycles. The number of hydrogen-bond acceptors (Lipinski definition) is 6. The monoisotopic (exact) mass is 446 g/mol. The molecule has 1 unspecified atom stereocenters. The van der Waals surface area contributed by atoms with E-state index in [2.05, 4.69) is 9.88 Å². The summed E-state index contributed by atoms with van der Waals surface area (Å²) in [7, 11) is -2.37. The van der Waals surface area contributed by atoms with E-state index in [0.29, 0.717) is 26.3 Å². The van der Waals surface area contributed by atoms with Crippen LogP contribution < -0.4 is 0 Å². The number of hydrogen-bond donors (Lipinski definition) is 0. The minimum atomic E-state index is -3.80. The van der Waals surface area contributed by atoms with E-state index in [1.165, 1.54) is 25.5 Å². The summed E-state index contributed by atoms with van der Waals surface area (Å²) in [5.74, 6) is -0.237. The summed E-state index contributed by atoms with van der Waals surface area (Å²) in [6.07, 6.45) is 2.80. The van der Waals surface area contributed by atoms with Crippen molar-refractivity contribution in [3.63, 3.8) is 0 Å². The van der Waals surface area contributed by atoms with Gasteiger partial charge in [0.15, 0.2) is 0 Å². The van der Waals surface area contributed by atoms with Crippen LogP contribution in [-0.4, -0.2) is 85.9 Å². The van der Waals surface area contributed by atoms with Crippen molar-refractivity contribution in [1.82, 2.24) is 19.1 Å². The number of morpholine rings is 1. The Labute approximate surface area is 184 Å². The Bertz CT molecular complexity index is 934. The van der Waals surface area contributed by atoms with E-state index in [0.717, 1.165) is 23.0 Å². The van der Waals surface area contributed by atoms with Crippen LogP contribution in [0.5, 0.6) is 0 Å². The third kappa shape index (κ3) is 6.33. The summed E-state index contributed by atoms with van der Waals surface area (Å²) >= 11 is 0. The highest BCUT2D eigenvalue weighted by Gasteiger charge is 2.28. The molecule has 0 aliphatic carbocycles. The topological polar surface area (TPSA) is 83.0 Å². The van der Waals surface area contributed by atoms with Gasteiger partial charge in [-0.2, -0.15) is 4.31 Å². The van der Waals surface area contributed by atoms with Gasteiger partial charge in [-0.25, -0.2) is 8.42 Å². The van der Waals surface area contributed by atoms with Gasteiger partial charge in [0.05, 0.1) is 19.8 Å². The van der Waals surface area contributed by atoms with Crippen LogP contribution in [0.3, 0.4) is 0 Å². The molecule has 1 aliphatic heterocycles. The molecule has 1 fully saturated rings. The van der Waals surface area contributed by atoms with Crippen molar-refractivity contribution in [3.05, 3.63) is 60.4 Å². The van der Waals surface area contributed by atoms with Gasteiger partial charge in [0.2, 0.25) is 15.9 Å². The van der Waals surface area contributed by atoms with E-state index in [1.807, 2.05) is 37.3 Å². The lowest BCUT2D eigenvalue weighted by atomic mass is 10.1. The predicted molar refractivity (Wildman–Crippen MR) is 118 cm³/mol. The van der Waals surface area contributed by atoms with Gasteiger partial charge < -0.3 is 9.64 Å². The fraction of sp³-hybridized carbons (Fsp3) is 0.455. The molecule has 168 valence electrons. The Morgan fingerprint density at radius 3 is 2.52 bits per heavy atom. The summed E-state index contributed by atoms with van der Waals surface area (Å²) < 4.78 is 32.2. The second-order valence-electron chi connectivity index (χ2n) is 7.72. The molecule has 0 bridgehead atoms. The number of pyridine rings is 1. The van der Waals surface area contributed by atoms with E-state index in [1.54, 1.807) is 11.0 Å². The van der Waals surface area contributed by atoms with Gasteiger partial charge in [-0.3, -0.25) is 14.7 Å². The maximum atomic E-state index is 13.3. The number of ether oxygens (including phenoxy) is 1. The molecule has 1 aliphatic rings. The van der Waals surface area contributed by atoms with Gasteiger partial charge >= 0.3 is 0 Å². The molecular weight excluding hydrogens is 416 g/mol. The van der Waals surface area contributed by atoms with Gasteiger partial charge in [-0.05, 0) is 24.6 Å². The zero-order valence-corrected chi connectivity index (χ0v) is 18.9. The maximum absolute atomic E-state index is 13.3. The number of rotatable bonds is 9. The lowest BCUT2D eigenvalue weighted by Gasteiger charge is -2.35. The fourth-order valence-electron chi connectivity index (χ4n) is 3.57. The number of carbonyl (C=O) groups excluding carboxylic acids is 1. The standard InChI is InChI=1S/C22H30N4O4S/c1-19(16-25-11-13-30-14-12-25)26(17-20-7-4-3-5-8-20)22(27)18-24(2)31(28,29)21-9-6-10-23-15-21/h3-10,15,19H,11-14,16-18H2,1-2H3. The first-order valence-electron chi connectivity index (χ1n) is 10.4.